The molecule has 0 aliphatic rings. The Labute approximate surface area is 180 Å². The predicted octanol–water partition coefficient (Wildman–Crippen LogP) is 4.02. The SMILES string of the molecule is O=C(CSc1nc2ccccc2c(=O)n1-c1ccccc1)Nc1cccc([N+](=O)[O-])c1. The first kappa shape index (κ1) is 20.3. The molecule has 0 fully saturated rings. The fourth-order valence-electron chi connectivity index (χ4n) is 3.04. The third kappa shape index (κ3) is 4.46. The lowest BCUT2D eigenvalue weighted by atomic mass is 10.2. The molecule has 4 rings (SSSR count). The number of thioether (sulfide) groups is 1. The highest BCUT2D eigenvalue weighted by Crippen LogP contribution is 2.22. The van der Waals surface area contributed by atoms with Gasteiger partial charge >= 0.3 is 0 Å². The van der Waals surface area contributed by atoms with E-state index in [1.165, 1.54) is 22.8 Å². The van der Waals surface area contributed by atoms with Crippen LogP contribution in [0.5, 0.6) is 0 Å². The number of benzene rings is 3. The van der Waals surface area contributed by atoms with Crippen molar-refractivity contribution >= 4 is 39.9 Å². The second-order valence-corrected chi connectivity index (χ2v) is 7.47. The molecule has 0 aliphatic heterocycles. The van der Waals surface area contributed by atoms with E-state index in [0.29, 0.717) is 27.4 Å². The standard InChI is InChI=1S/C22H16N4O4S/c27-20(23-15-7-6-10-17(13-15)26(29)30)14-31-22-24-19-12-5-4-11-18(19)21(28)25(22)16-8-2-1-3-9-16/h1-13H,14H2,(H,23,27). The van der Waals surface area contributed by atoms with Crippen LogP contribution < -0.4 is 10.9 Å². The molecule has 8 nitrogen and oxygen atoms in total. The van der Waals surface area contributed by atoms with Crippen LogP contribution in [-0.2, 0) is 4.79 Å². The van der Waals surface area contributed by atoms with E-state index in [1.807, 2.05) is 18.2 Å². The molecule has 1 amide bonds. The van der Waals surface area contributed by atoms with E-state index in [2.05, 4.69) is 10.3 Å². The van der Waals surface area contributed by atoms with Crippen molar-refractivity contribution in [3.05, 3.63) is 99.3 Å². The molecule has 0 unspecified atom stereocenters. The zero-order valence-corrected chi connectivity index (χ0v) is 16.9. The Bertz CT molecular complexity index is 1340. The molecule has 0 saturated heterocycles. The van der Waals surface area contributed by atoms with E-state index in [0.717, 1.165) is 11.8 Å². The van der Waals surface area contributed by atoms with Gasteiger partial charge in [-0.3, -0.25) is 24.3 Å². The number of carbonyl (C=O) groups excluding carboxylic acids is 1. The normalized spacial score (nSPS) is 10.7. The van der Waals surface area contributed by atoms with Gasteiger partial charge in [0.1, 0.15) is 0 Å². The fraction of sp³-hybridized carbons (Fsp3) is 0.0455. The molecule has 154 valence electrons. The van der Waals surface area contributed by atoms with Gasteiger partial charge in [0, 0.05) is 17.8 Å². The lowest BCUT2D eigenvalue weighted by molar-refractivity contribution is -0.384. The van der Waals surface area contributed by atoms with E-state index >= 15 is 0 Å². The van der Waals surface area contributed by atoms with Gasteiger partial charge in [-0.05, 0) is 30.3 Å². The molecule has 31 heavy (non-hydrogen) atoms. The largest absolute Gasteiger partial charge is 0.325 e. The lowest BCUT2D eigenvalue weighted by Crippen LogP contribution is -2.22. The summed E-state index contributed by atoms with van der Waals surface area (Å²) in [6.07, 6.45) is 0. The van der Waals surface area contributed by atoms with E-state index in [4.69, 9.17) is 0 Å². The summed E-state index contributed by atoms with van der Waals surface area (Å²) in [5, 5.41) is 14.4. The molecule has 0 spiro atoms. The Morgan fingerprint density at radius 3 is 2.55 bits per heavy atom. The second kappa shape index (κ2) is 8.80. The molecule has 1 heterocycles. The third-order valence-electron chi connectivity index (χ3n) is 4.43. The number of anilines is 1. The summed E-state index contributed by atoms with van der Waals surface area (Å²) in [7, 11) is 0. The minimum Gasteiger partial charge on any atom is -0.325 e. The highest BCUT2D eigenvalue weighted by Gasteiger charge is 2.15. The number of nitrogens with zero attached hydrogens (tertiary/aromatic N) is 3. The van der Waals surface area contributed by atoms with Crippen molar-refractivity contribution < 1.29 is 9.72 Å². The monoisotopic (exact) mass is 432 g/mol. The van der Waals surface area contributed by atoms with Crippen molar-refractivity contribution in [3.8, 4) is 5.69 Å². The number of hydrogen-bond donors (Lipinski definition) is 1. The number of nitrogens with one attached hydrogen (secondary N) is 1. The van der Waals surface area contributed by atoms with E-state index in [9.17, 15) is 19.7 Å². The van der Waals surface area contributed by atoms with Crippen molar-refractivity contribution in [3.63, 3.8) is 0 Å². The smallest absolute Gasteiger partial charge is 0.271 e. The first-order valence-electron chi connectivity index (χ1n) is 9.27. The molecule has 0 aliphatic carbocycles. The van der Waals surface area contributed by atoms with Gasteiger partial charge in [-0.2, -0.15) is 0 Å². The topological polar surface area (TPSA) is 107 Å². The summed E-state index contributed by atoms with van der Waals surface area (Å²) in [6, 6.07) is 21.8. The minimum atomic E-state index is -0.526. The fourth-order valence-corrected chi connectivity index (χ4v) is 3.85. The highest BCUT2D eigenvalue weighted by molar-refractivity contribution is 7.99. The number of amides is 1. The highest BCUT2D eigenvalue weighted by atomic mass is 32.2. The zero-order valence-electron chi connectivity index (χ0n) is 16.1. The number of nitro groups is 1. The molecule has 0 radical (unpaired) electrons. The molecule has 0 saturated carbocycles. The van der Waals surface area contributed by atoms with E-state index in [-0.39, 0.29) is 22.9 Å². The predicted molar refractivity (Wildman–Crippen MR) is 120 cm³/mol. The maximum Gasteiger partial charge on any atom is 0.271 e. The van der Waals surface area contributed by atoms with Crippen LogP contribution in [0.2, 0.25) is 0 Å². The van der Waals surface area contributed by atoms with Gasteiger partial charge < -0.3 is 5.32 Å². The van der Waals surface area contributed by atoms with Gasteiger partial charge in [-0.1, -0.05) is 48.2 Å². The van der Waals surface area contributed by atoms with Gasteiger partial charge in [0.15, 0.2) is 5.16 Å². The van der Waals surface area contributed by atoms with Crippen molar-refractivity contribution in [2.24, 2.45) is 0 Å². The number of aromatic nitrogens is 2. The van der Waals surface area contributed by atoms with Crippen molar-refractivity contribution in [1.29, 1.82) is 0 Å². The number of rotatable bonds is 6. The summed E-state index contributed by atoms with van der Waals surface area (Å²) in [5.74, 6) is -0.396. The number of nitro benzene ring substituents is 1. The van der Waals surface area contributed by atoms with Gasteiger partial charge in [-0.15, -0.1) is 0 Å². The van der Waals surface area contributed by atoms with Crippen LogP contribution in [0.4, 0.5) is 11.4 Å². The first-order valence-corrected chi connectivity index (χ1v) is 10.3. The number of fused-ring (bicyclic) bond motifs is 1. The third-order valence-corrected chi connectivity index (χ3v) is 5.37. The van der Waals surface area contributed by atoms with Crippen molar-refractivity contribution in [2.45, 2.75) is 5.16 Å². The van der Waals surface area contributed by atoms with Crippen LogP contribution in [0.1, 0.15) is 0 Å². The number of carbonyl (C=O) groups is 1. The number of para-hydroxylation sites is 2. The minimum absolute atomic E-state index is 0.0275. The van der Waals surface area contributed by atoms with E-state index in [1.54, 1.807) is 42.5 Å². The van der Waals surface area contributed by atoms with Crippen molar-refractivity contribution in [2.75, 3.05) is 11.1 Å². The number of non-ortho nitro benzene ring substituents is 1. The summed E-state index contributed by atoms with van der Waals surface area (Å²) >= 11 is 1.11. The Morgan fingerprint density at radius 2 is 1.77 bits per heavy atom. The summed E-state index contributed by atoms with van der Waals surface area (Å²) in [6.45, 7) is 0. The molecule has 0 bridgehead atoms. The zero-order chi connectivity index (χ0) is 21.8. The van der Waals surface area contributed by atoms with Crippen LogP contribution in [-0.4, -0.2) is 26.1 Å². The first-order chi connectivity index (χ1) is 15.0. The lowest BCUT2D eigenvalue weighted by Gasteiger charge is -2.13. The summed E-state index contributed by atoms with van der Waals surface area (Å²) < 4.78 is 1.48. The van der Waals surface area contributed by atoms with Gasteiger partial charge in [-0.25, -0.2) is 4.98 Å². The Hall–Kier alpha value is -3.98. The Balaban J connectivity index is 1.62. The maximum atomic E-state index is 13.1. The molecule has 1 N–H and O–H groups in total. The molecule has 0 atom stereocenters. The molecule has 9 heteroatoms. The van der Waals surface area contributed by atoms with Crippen molar-refractivity contribution in [1.82, 2.24) is 9.55 Å². The Kier molecular flexibility index (Phi) is 5.76. The second-order valence-electron chi connectivity index (χ2n) is 6.53. The average Bonchev–Trinajstić information content (AvgIpc) is 2.78. The van der Waals surface area contributed by atoms with Crippen LogP contribution >= 0.6 is 11.8 Å². The maximum absolute atomic E-state index is 13.1. The number of hydrogen-bond acceptors (Lipinski definition) is 6. The molecular weight excluding hydrogens is 416 g/mol. The molecule has 3 aromatic carbocycles. The van der Waals surface area contributed by atoms with Crippen LogP contribution in [0.15, 0.2) is 88.8 Å². The van der Waals surface area contributed by atoms with Crippen LogP contribution in [0, 0.1) is 10.1 Å². The Morgan fingerprint density at radius 1 is 1.03 bits per heavy atom. The van der Waals surface area contributed by atoms with Gasteiger partial charge in [0.05, 0.1) is 27.3 Å². The average molecular weight is 432 g/mol. The van der Waals surface area contributed by atoms with E-state index < -0.39 is 4.92 Å². The van der Waals surface area contributed by atoms with Crippen LogP contribution in [0.3, 0.4) is 0 Å². The molecular formula is C22H16N4O4S. The van der Waals surface area contributed by atoms with Gasteiger partial charge in [0.2, 0.25) is 5.91 Å². The quantitative estimate of drug-likeness (QED) is 0.213. The summed E-state index contributed by atoms with van der Waals surface area (Å²) in [4.78, 5) is 40.5. The molecule has 1 aromatic heterocycles. The van der Waals surface area contributed by atoms with Crippen LogP contribution in [0.25, 0.3) is 16.6 Å². The van der Waals surface area contributed by atoms with Gasteiger partial charge in [0.25, 0.3) is 11.2 Å². The summed E-state index contributed by atoms with van der Waals surface area (Å²) in [5.41, 5.74) is 1.18. The molecule has 4 aromatic rings.